The predicted octanol–water partition coefficient (Wildman–Crippen LogP) is 1.60. The molecule has 0 saturated carbocycles. The third-order valence-electron chi connectivity index (χ3n) is 5.39. The maximum Gasteiger partial charge on any atom is 0.0637 e. The number of hydrogen-bond acceptors (Lipinski definition) is 6. The van der Waals surface area contributed by atoms with Crippen LogP contribution in [0.2, 0.25) is 0 Å². The first-order valence-electron chi connectivity index (χ1n) is 9.99. The van der Waals surface area contributed by atoms with Gasteiger partial charge in [-0.1, -0.05) is 11.8 Å². The van der Waals surface area contributed by atoms with Crippen molar-refractivity contribution in [3.63, 3.8) is 0 Å². The minimum atomic E-state index is 0. The van der Waals surface area contributed by atoms with Gasteiger partial charge in [0.2, 0.25) is 0 Å². The van der Waals surface area contributed by atoms with E-state index in [9.17, 15) is 0 Å². The molecule has 2 aliphatic heterocycles. The van der Waals surface area contributed by atoms with E-state index in [1.807, 2.05) is 11.8 Å². The predicted molar refractivity (Wildman–Crippen MR) is 118 cm³/mol. The van der Waals surface area contributed by atoms with E-state index >= 15 is 0 Å². The second-order valence-electron chi connectivity index (χ2n) is 7.25. The number of benzene rings is 2. The Morgan fingerprint density at radius 1 is 0.931 bits per heavy atom. The number of anilines is 4. The van der Waals surface area contributed by atoms with Crippen LogP contribution in [0.4, 0.5) is 22.7 Å². The van der Waals surface area contributed by atoms with Gasteiger partial charge in [-0.05, 0) is 49.2 Å². The van der Waals surface area contributed by atoms with Crippen LogP contribution in [-0.2, 0) is 9.47 Å². The highest BCUT2D eigenvalue weighted by atomic mass is 127. The molecular formula is C22H29IN3O2S-. The summed E-state index contributed by atoms with van der Waals surface area (Å²) in [6.45, 7) is 5.46. The fraction of sp³-hybridized carbons (Fsp3) is 0.455. The van der Waals surface area contributed by atoms with Gasteiger partial charge in [-0.3, -0.25) is 0 Å². The molecule has 1 saturated heterocycles. The molecule has 1 N–H and O–H groups in total. The van der Waals surface area contributed by atoms with E-state index in [4.69, 9.17) is 9.47 Å². The van der Waals surface area contributed by atoms with E-state index < -0.39 is 0 Å². The fourth-order valence-corrected chi connectivity index (χ4v) is 4.86. The van der Waals surface area contributed by atoms with Crippen LogP contribution >= 0.6 is 11.8 Å². The van der Waals surface area contributed by atoms with Crippen LogP contribution in [0.3, 0.4) is 0 Å². The first-order valence-corrected chi connectivity index (χ1v) is 10.8. The van der Waals surface area contributed by atoms with Gasteiger partial charge in [0.15, 0.2) is 0 Å². The van der Waals surface area contributed by atoms with Crippen molar-refractivity contribution in [2.45, 2.75) is 22.6 Å². The number of fused-ring (bicyclic) bond motifs is 2. The Bertz CT molecular complexity index is 807. The summed E-state index contributed by atoms with van der Waals surface area (Å²) in [6.07, 6.45) is 2.60. The Labute approximate surface area is 195 Å². The van der Waals surface area contributed by atoms with Gasteiger partial charge in [-0.2, -0.15) is 0 Å². The molecule has 158 valence electrons. The van der Waals surface area contributed by atoms with Crippen molar-refractivity contribution in [2.75, 3.05) is 68.7 Å². The normalized spacial score (nSPS) is 14.6. The van der Waals surface area contributed by atoms with Crippen LogP contribution in [-0.4, -0.2) is 53.6 Å². The van der Waals surface area contributed by atoms with Crippen molar-refractivity contribution in [1.82, 2.24) is 0 Å². The van der Waals surface area contributed by atoms with Gasteiger partial charge in [-0.15, -0.1) is 0 Å². The van der Waals surface area contributed by atoms with Gasteiger partial charge in [0.25, 0.3) is 0 Å². The fourth-order valence-electron chi connectivity index (χ4n) is 3.80. The van der Waals surface area contributed by atoms with E-state index in [1.165, 1.54) is 58.5 Å². The molecule has 29 heavy (non-hydrogen) atoms. The molecule has 2 aromatic rings. The van der Waals surface area contributed by atoms with Crippen molar-refractivity contribution in [2.24, 2.45) is 0 Å². The average Bonchev–Trinajstić information content (AvgIpc) is 3.26. The molecule has 1 fully saturated rings. The summed E-state index contributed by atoms with van der Waals surface area (Å²) in [5.41, 5.74) is 4.92. The molecule has 0 unspecified atom stereocenters. The summed E-state index contributed by atoms with van der Waals surface area (Å²) < 4.78 is 10.6. The number of hydrogen-bond donors (Lipinski definition) is 1. The molecule has 2 heterocycles. The lowest BCUT2D eigenvalue weighted by molar-refractivity contribution is -0.00000630. The van der Waals surface area contributed by atoms with E-state index in [-0.39, 0.29) is 24.0 Å². The van der Waals surface area contributed by atoms with Gasteiger partial charge in [0.1, 0.15) is 0 Å². The highest BCUT2D eigenvalue weighted by Crippen LogP contribution is 2.46. The first kappa shape index (κ1) is 22.5. The molecule has 0 radical (unpaired) electrons. The molecular weight excluding hydrogens is 497 g/mol. The lowest BCUT2D eigenvalue weighted by Crippen LogP contribution is -3.00. The number of nitrogens with zero attached hydrogens (tertiary/aromatic N) is 2. The molecule has 7 heteroatoms. The van der Waals surface area contributed by atoms with Crippen molar-refractivity contribution in [3.05, 3.63) is 36.4 Å². The number of nitrogens with one attached hydrogen (secondary N) is 1. The van der Waals surface area contributed by atoms with Crippen LogP contribution in [0.5, 0.6) is 0 Å². The number of rotatable bonds is 8. The third kappa shape index (κ3) is 5.31. The monoisotopic (exact) mass is 526 g/mol. The zero-order valence-corrected chi connectivity index (χ0v) is 20.1. The molecule has 4 rings (SSSR count). The van der Waals surface area contributed by atoms with Gasteiger partial charge in [-0.25, -0.2) is 0 Å². The molecule has 2 aliphatic rings. The van der Waals surface area contributed by atoms with Crippen molar-refractivity contribution < 1.29 is 33.5 Å². The number of ether oxygens (including phenoxy) is 2. The molecule has 0 aliphatic carbocycles. The number of methoxy groups -OCH3 is 2. The van der Waals surface area contributed by atoms with E-state index in [0.29, 0.717) is 13.2 Å². The maximum atomic E-state index is 5.29. The highest BCUT2D eigenvalue weighted by molar-refractivity contribution is 7.99. The summed E-state index contributed by atoms with van der Waals surface area (Å²) in [4.78, 5) is 7.38. The highest BCUT2D eigenvalue weighted by Gasteiger charge is 2.20. The largest absolute Gasteiger partial charge is 1.00 e. The van der Waals surface area contributed by atoms with Crippen molar-refractivity contribution in [1.29, 1.82) is 0 Å². The first-order chi connectivity index (χ1) is 13.8. The Morgan fingerprint density at radius 2 is 1.55 bits per heavy atom. The lowest BCUT2D eigenvalue weighted by atomic mass is 10.2. The molecule has 0 atom stereocenters. The Balaban J connectivity index is 0.00000240. The lowest BCUT2D eigenvalue weighted by Gasteiger charge is -2.28. The minimum absolute atomic E-state index is 0. The minimum Gasteiger partial charge on any atom is -1.00 e. The summed E-state index contributed by atoms with van der Waals surface area (Å²) >= 11 is 1.86. The quantitative estimate of drug-likeness (QED) is 0.450. The zero-order chi connectivity index (χ0) is 19.3. The van der Waals surface area contributed by atoms with Crippen LogP contribution in [0.1, 0.15) is 12.8 Å². The van der Waals surface area contributed by atoms with Crippen LogP contribution in [0.25, 0.3) is 0 Å². The third-order valence-corrected chi connectivity index (χ3v) is 6.50. The zero-order valence-electron chi connectivity index (χ0n) is 17.1. The molecule has 0 spiro atoms. The second kappa shape index (κ2) is 10.7. The van der Waals surface area contributed by atoms with Crippen LogP contribution < -0.4 is 39.1 Å². The molecule has 0 bridgehead atoms. The SMILES string of the molecule is COCCN(CCOC)c1ccc2c(c1)Sc1cc(N3CCCC3)ccc1N2.[I-]. The van der Waals surface area contributed by atoms with E-state index in [1.54, 1.807) is 14.2 Å². The summed E-state index contributed by atoms with van der Waals surface area (Å²) in [5.74, 6) is 0. The average molecular weight is 526 g/mol. The van der Waals surface area contributed by atoms with Gasteiger partial charge in [0, 0.05) is 61.6 Å². The van der Waals surface area contributed by atoms with Crippen LogP contribution in [0, 0.1) is 0 Å². The van der Waals surface area contributed by atoms with Crippen molar-refractivity contribution in [3.8, 4) is 0 Å². The number of halogens is 1. The smallest absolute Gasteiger partial charge is 0.0637 e. The van der Waals surface area contributed by atoms with Gasteiger partial charge < -0.3 is 48.6 Å². The van der Waals surface area contributed by atoms with Gasteiger partial charge in [0.05, 0.1) is 24.6 Å². The van der Waals surface area contributed by atoms with Crippen LogP contribution in [0.15, 0.2) is 46.2 Å². The molecule has 5 nitrogen and oxygen atoms in total. The topological polar surface area (TPSA) is 37.0 Å². The molecule has 0 aromatic heterocycles. The maximum absolute atomic E-state index is 5.29. The van der Waals surface area contributed by atoms with E-state index in [2.05, 4.69) is 51.5 Å². The summed E-state index contributed by atoms with van der Waals surface area (Å²) in [6, 6.07) is 13.4. The standard InChI is InChI=1S/C22H29N3O2S.HI/c1-26-13-11-25(12-14-27-2)18-6-8-20-22(16-18)28-21-15-17(5-7-19(21)23-20)24-9-3-4-10-24;/h5-8,15-16,23H,3-4,9-14H2,1-2H3;1H/p-1. The second-order valence-corrected chi connectivity index (χ2v) is 8.34. The Morgan fingerprint density at radius 3 is 2.21 bits per heavy atom. The summed E-state index contributed by atoms with van der Waals surface area (Å²) in [5, 5.41) is 3.60. The van der Waals surface area contributed by atoms with Crippen molar-refractivity contribution >= 4 is 34.5 Å². The summed E-state index contributed by atoms with van der Waals surface area (Å²) in [7, 11) is 3.49. The Kier molecular flexibility index (Phi) is 8.35. The molecule has 2 aromatic carbocycles. The van der Waals surface area contributed by atoms with Gasteiger partial charge >= 0.3 is 0 Å². The molecule has 0 amide bonds. The van der Waals surface area contributed by atoms with E-state index in [0.717, 1.165) is 13.1 Å². The Hall–Kier alpha value is -1.16.